The van der Waals surface area contributed by atoms with Crippen LogP contribution >= 0.6 is 0 Å². The Kier molecular flexibility index (Phi) is 7.44. The van der Waals surface area contributed by atoms with Crippen LogP contribution in [-0.2, 0) is 19.6 Å². The van der Waals surface area contributed by atoms with Gasteiger partial charge in [0.1, 0.15) is 11.9 Å². The third-order valence-electron chi connectivity index (χ3n) is 5.89. The molecule has 2 heterocycles. The van der Waals surface area contributed by atoms with Crippen LogP contribution in [0.5, 0.6) is 0 Å². The van der Waals surface area contributed by atoms with E-state index in [9.17, 15) is 22.4 Å². The van der Waals surface area contributed by atoms with E-state index in [4.69, 9.17) is 4.74 Å². The third kappa shape index (κ3) is 5.54. The quantitative estimate of drug-likeness (QED) is 0.644. The Balaban J connectivity index is 1.51. The van der Waals surface area contributed by atoms with Gasteiger partial charge in [-0.3, -0.25) is 4.79 Å². The highest BCUT2D eigenvalue weighted by atomic mass is 32.2. The highest BCUT2D eigenvalue weighted by molar-refractivity contribution is 7.89. The van der Waals surface area contributed by atoms with Gasteiger partial charge in [-0.15, -0.1) is 0 Å². The molecule has 2 aliphatic heterocycles. The number of rotatable bonds is 6. The van der Waals surface area contributed by atoms with Crippen LogP contribution in [0.1, 0.15) is 12.8 Å². The number of sulfonamides is 1. The molecule has 2 unspecified atom stereocenters. The van der Waals surface area contributed by atoms with Crippen molar-refractivity contribution in [3.63, 3.8) is 0 Å². The number of nitrogens with zero attached hydrogens (tertiary/aromatic N) is 2. The molecule has 182 valence electrons. The number of benzene rings is 2. The summed E-state index contributed by atoms with van der Waals surface area (Å²) in [6.07, 6.45) is 1.63. The average Bonchev–Trinajstić information content (AvgIpc) is 3.38. The van der Waals surface area contributed by atoms with Crippen molar-refractivity contribution in [2.24, 2.45) is 0 Å². The first kappa shape index (κ1) is 24.1. The van der Waals surface area contributed by atoms with Gasteiger partial charge in [0.05, 0.1) is 11.0 Å². The van der Waals surface area contributed by atoms with E-state index in [1.165, 1.54) is 41.3 Å². The highest BCUT2D eigenvalue weighted by Crippen LogP contribution is 2.23. The predicted octanol–water partition coefficient (Wildman–Crippen LogP) is 2.03. The van der Waals surface area contributed by atoms with Crippen molar-refractivity contribution >= 4 is 27.6 Å². The zero-order valence-corrected chi connectivity index (χ0v) is 19.3. The Morgan fingerprint density at radius 1 is 1.06 bits per heavy atom. The molecule has 9 nitrogen and oxygen atoms in total. The first-order chi connectivity index (χ1) is 16.3. The second-order valence-corrected chi connectivity index (χ2v) is 10.1. The van der Waals surface area contributed by atoms with Gasteiger partial charge in [-0.05, 0) is 49.2 Å². The summed E-state index contributed by atoms with van der Waals surface area (Å²) < 4.78 is 46.5. The Hall–Kier alpha value is -3.02. The van der Waals surface area contributed by atoms with E-state index in [0.29, 0.717) is 12.3 Å². The van der Waals surface area contributed by atoms with E-state index in [2.05, 4.69) is 10.6 Å². The minimum Gasteiger partial charge on any atom is -0.376 e. The Bertz CT molecular complexity index is 1110. The molecule has 0 aliphatic carbocycles. The van der Waals surface area contributed by atoms with Gasteiger partial charge in [0.2, 0.25) is 15.9 Å². The topological polar surface area (TPSA) is 108 Å². The minimum absolute atomic E-state index is 0.0495. The van der Waals surface area contributed by atoms with Crippen LogP contribution in [0.4, 0.5) is 14.9 Å². The molecule has 2 fully saturated rings. The van der Waals surface area contributed by atoms with Crippen LogP contribution in [0, 0.1) is 5.82 Å². The van der Waals surface area contributed by atoms with Gasteiger partial charge >= 0.3 is 6.03 Å². The number of nitrogens with one attached hydrogen (secondary N) is 2. The fraction of sp³-hybridized carbons (Fsp3) is 0.391. The number of amides is 3. The van der Waals surface area contributed by atoms with Gasteiger partial charge in [-0.1, -0.05) is 18.2 Å². The SMILES string of the molecule is O=C(NCC1CCCO1)C1CN(C(=O)Nc2ccc(F)cc2)CCN1S(=O)(=O)c1ccccc1. The molecule has 2 aromatic carbocycles. The molecule has 0 radical (unpaired) electrons. The van der Waals surface area contributed by atoms with Crippen molar-refractivity contribution in [3.05, 3.63) is 60.4 Å². The summed E-state index contributed by atoms with van der Waals surface area (Å²) in [5.41, 5.74) is 0.394. The van der Waals surface area contributed by atoms with E-state index >= 15 is 0 Å². The zero-order valence-electron chi connectivity index (χ0n) is 18.5. The molecule has 34 heavy (non-hydrogen) atoms. The number of carbonyl (C=O) groups excluding carboxylic acids is 2. The van der Waals surface area contributed by atoms with Crippen LogP contribution in [0.25, 0.3) is 0 Å². The average molecular weight is 491 g/mol. The molecule has 4 rings (SSSR count). The van der Waals surface area contributed by atoms with Gasteiger partial charge in [0.25, 0.3) is 0 Å². The number of piperazine rings is 1. The lowest BCUT2D eigenvalue weighted by Crippen LogP contribution is -2.62. The highest BCUT2D eigenvalue weighted by Gasteiger charge is 2.41. The second-order valence-electron chi connectivity index (χ2n) is 8.21. The number of carbonyl (C=O) groups is 2. The number of hydrogen-bond acceptors (Lipinski definition) is 5. The fourth-order valence-corrected chi connectivity index (χ4v) is 5.64. The van der Waals surface area contributed by atoms with E-state index < -0.39 is 33.8 Å². The summed E-state index contributed by atoms with van der Waals surface area (Å²) in [7, 11) is -3.97. The lowest BCUT2D eigenvalue weighted by Gasteiger charge is -2.39. The van der Waals surface area contributed by atoms with Crippen LogP contribution in [0.15, 0.2) is 59.5 Å². The maximum absolute atomic E-state index is 13.3. The van der Waals surface area contributed by atoms with Crippen LogP contribution in [0.3, 0.4) is 0 Å². The summed E-state index contributed by atoms with van der Waals surface area (Å²) in [4.78, 5) is 27.4. The summed E-state index contributed by atoms with van der Waals surface area (Å²) in [5, 5.41) is 5.45. The molecule has 0 bridgehead atoms. The van der Waals surface area contributed by atoms with E-state index in [-0.39, 0.29) is 37.2 Å². The Morgan fingerprint density at radius 2 is 1.79 bits per heavy atom. The molecule has 0 spiro atoms. The predicted molar refractivity (Wildman–Crippen MR) is 123 cm³/mol. The first-order valence-corrected chi connectivity index (χ1v) is 12.6. The number of urea groups is 1. The molecule has 0 aromatic heterocycles. The number of hydrogen-bond donors (Lipinski definition) is 2. The van der Waals surface area contributed by atoms with Crippen molar-refractivity contribution in [2.45, 2.75) is 29.9 Å². The standard InChI is InChI=1S/C23H27FN4O5S/c24-17-8-10-18(11-9-17)26-23(30)27-12-13-28(34(31,32)20-6-2-1-3-7-20)21(16-27)22(29)25-15-19-5-4-14-33-19/h1-3,6-11,19,21H,4-5,12-16H2,(H,25,29)(H,26,30). The molecule has 2 N–H and O–H groups in total. The number of halogens is 1. The molecule has 2 atom stereocenters. The van der Waals surface area contributed by atoms with Crippen LogP contribution < -0.4 is 10.6 Å². The molecule has 0 saturated carbocycles. The lowest BCUT2D eigenvalue weighted by atomic mass is 10.2. The third-order valence-corrected chi connectivity index (χ3v) is 7.82. The van der Waals surface area contributed by atoms with Gasteiger partial charge in [0.15, 0.2) is 0 Å². The minimum atomic E-state index is -3.97. The number of anilines is 1. The Labute approximate surface area is 197 Å². The first-order valence-electron chi connectivity index (χ1n) is 11.1. The molecular formula is C23H27FN4O5S. The molecule has 3 amide bonds. The Morgan fingerprint density at radius 3 is 2.47 bits per heavy atom. The lowest BCUT2D eigenvalue weighted by molar-refractivity contribution is -0.126. The molecular weight excluding hydrogens is 463 g/mol. The summed E-state index contributed by atoms with van der Waals surface area (Å²) in [6.45, 7) is 0.823. The van der Waals surface area contributed by atoms with Crippen molar-refractivity contribution in [1.29, 1.82) is 0 Å². The van der Waals surface area contributed by atoms with Crippen molar-refractivity contribution < 1.29 is 27.1 Å². The van der Waals surface area contributed by atoms with E-state index in [1.54, 1.807) is 18.2 Å². The normalized spacial score (nSPS) is 21.3. The monoisotopic (exact) mass is 490 g/mol. The second kappa shape index (κ2) is 10.5. The number of ether oxygens (including phenoxy) is 1. The van der Waals surface area contributed by atoms with Crippen molar-refractivity contribution in [1.82, 2.24) is 14.5 Å². The summed E-state index contributed by atoms with van der Waals surface area (Å²) >= 11 is 0. The van der Waals surface area contributed by atoms with Crippen LogP contribution in [-0.4, -0.2) is 74.5 Å². The molecule has 2 saturated heterocycles. The molecule has 2 aromatic rings. The van der Waals surface area contributed by atoms with Crippen molar-refractivity contribution in [3.8, 4) is 0 Å². The fourth-order valence-electron chi connectivity index (χ4n) is 4.05. The molecule has 11 heteroatoms. The smallest absolute Gasteiger partial charge is 0.321 e. The van der Waals surface area contributed by atoms with Gasteiger partial charge in [-0.2, -0.15) is 4.31 Å². The summed E-state index contributed by atoms with van der Waals surface area (Å²) in [5.74, 6) is -0.921. The van der Waals surface area contributed by atoms with Gasteiger partial charge in [-0.25, -0.2) is 17.6 Å². The summed E-state index contributed by atoms with van der Waals surface area (Å²) in [6, 6.07) is 11.6. The van der Waals surface area contributed by atoms with Gasteiger partial charge < -0.3 is 20.3 Å². The van der Waals surface area contributed by atoms with E-state index in [0.717, 1.165) is 17.1 Å². The maximum atomic E-state index is 13.3. The van der Waals surface area contributed by atoms with Crippen LogP contribution in [0.2, 0.25) is 0 Å². The maximum Gasteiger partial charge on any atom is 0.321 e. The van der Waals surface area contributed by atoms with E-state index in [1.807, 2.05) is 0 Å². The zero-order chi connectivity index (χ0) is 24.1. The largest absolute Gasteiger partial charge is 0.376 e. The van der Waals surface area contributed by atoms with Gasteiger partial charge in [0, 0.05) is 38.5 Å². The van der Waals surface area contributed by atoms with Crippen molar-refractivity contribution in [2.75, 3.05) is 38.1 Å². The molecule has 2 aliphatic rings.